The summed E-state index contributed by atoms with van der Waals surface area (Å²) in [6.45, 7) is 4.47. The van der Waals surface area contributed by atoms with Crippen molar-refractivity contribution in [3.8, 4) is 0 Å². The van der Waals surface area contributed by atoms with Crippen molar-refractivity contribution in [3.05, 3.63) is 29.1 Å². The summed E-state index contributed by atoms with van der Waals surface area (Å²) in [5.41, 5.74) is 4.20. The van der Waals surface area contributed by atoms with Crippen LogP contribution in [0.5, 0.6) is 0 Å². The topological polar surface area (TPSA) is 24.9 Å². The highest BCUT2D eigenvalue weighted by molar-refractivity contribution is 5.30. The molecule has 0 unspecified atom stereocenters. The van der Waals surface area contributed by atoms with Gasteiger partial charge in [0.25, 0.3) is 0 Å². The van der Waals surface area contributed by atoms with E-state index in [-0.39, 0.29) is 0 Å². The van der Waals surface area contributed by atoms with Gasteiger partial charge in [0.2, 0.25) is 0 Å². The highest BCUT2D eigenvalue weighted by Gasteiger charge is 2.25. The Labute approximate surface area is 110 Å². The summed E-state index contributed by atoms with van der Waals surface area (Å²) < 4.78 is 0. The third kappa shape index (κ3) is 2.44. The molecule has 0 aromatic carbocycles. The molecular formula is C16H24N2. The summed E-state index contributed by atoms with van der Waals surface area (Å²) in [6.07, 6.45) is 8.07. The molecule has 0 amide bonds. The van der Waals surface area contributed by atoms with Crippen LogP contribution in [0, 0.1) is 6.92 Å². The van der Waals surface area contributed by atoms with E-state index in [2.05, 4.69) is 24.4 Å². The van der Waals surface area contributed by atoms with Crippen molar-refractivity contribution in [1.29, 1.82) is 0 Å². The van der Waals surface area contributed by atoms with Gasteiger partial charge >= 0.3 is 0 Å². The molecule has 1 aliphatic carbocycles. The van der Waals surface area contributed by atoms with Crippen LogP contribution in [0.1, 0.15) is 67.3 Å². The molecule has 0 atom stereocenters. The quantitative estimate of drug-likeness (QED) is 0.861. The zero-order valence-corrected chi connectivity index (χ0v) is 11.4. The van der Waals surface area contributed by atoms with E-state index in [1.165, 1.54) is 63.0 Å². The van der Waals surface area contributed by atoms with Crippen LogP contribution in [0.2, 0.25) is 0 Å². The SMILES string of the molecule is Cc1ccc(C2CCNCC2)c(C2CCCC2)n1. The van der Waals surface area contributed by atoms with Crippen molar-refractivity contribution in [2.75, 3.05) is 13.1 Å². The molecule has 2 fully saturated rings. The average molecular weight is 244 g/mol. The maximum atomic E-state index is 4.91. The van der Waals surface area contributed by atoms with E-state index < -0.39 is 0 Å². The molecular weight excluding hydrogens is 220 g/mol. The molecule has 2 heterocycles. The number of aromatic nitrogens is 1. The lowest BCUT2D eigenvalue weighted by atomic mass is 9.85. The van der Waals surface area contributed by atoms with Crippen LogP contribution in [0.25, 0.3) is 0 Å². The summed E-state index contributed by atoms with van der Waals surface area (Å²) in [7, 11) is 0. The van der Waals surface area contributed by atoms with Crippen LogP contribution in [-0.4, -0.2) is 18.1 Å². The summed E-state index contributed by atoms with van der Waals surface area (Å²) >= 11 is 0. The van der Waals surface area contributed by atoms with Gasteiger partial charge in [0.05, 0.1) is 0 Å². The molecule has 0 bridgehead atoms. The highest BCUT2D eigenvalue weighted by atomic mass is 14.9. The fraction of sp³-hybridized carbons (Fsp3) is 0.688. The van der Waals surface area contributed by atoms with Crippen LogP contribution in [-0.2, 0) is 0 Å². The lowest BCUT2D eigenvalue weighted by molar-refractivity contribution is 0.454. The highest BCUT2D eigenvalue weighted by Crippen LogP contribution is 2.38. The maximum absolute atomic E-state index is 4.91. The fourth-order valence-electron chi connectivity index (χ4n) is 3.59. The predicted molar refractivity (Wildman–Crippen MR) is 75.0 cm³/mol. The number of nitrogens with zero attached hydrogens (tertiary/aromatic N) is 1. The second kappa shape index (κ2) is 5.40. The van der Waals surface area contributed by atoms with Crippen molar-refractivity contribution >= 4 is 0 Å². The molecule has 1 saturated carbocycles. The molecule has 1 aromatic rings. The van der Waals surface area contributed by atoms with Crippen molar-refractivity contribution in [3.63, 3.8) is 0 Å². The molecule has 1 N–H and O–H groups in total. The lowest BCUT2D eigenvalue weighted by Crippen LogP contribution is -2.27. The van der Waals surface area contributed by atoms with Gasteiger partial charge in [0.1, 0.15) is 0 Å². The van der Waals surface area contributed by atoms with Crippen molar-refractivity contribution in [2.45, 2.75) is 57.3 Å². The Kier molecular flexibility index (Phi) is 3.64. The molecule has 1 aliphatic heterocycles. The van der Waals surface area contributed by atoms with Gasteiger partial charge in [0.15, 0.2) is 0 Å². The lowest BCUT2D eigenvalue weighted by Gasteiger charge is -2.26. The first-order valence-electron chi connectivity index (χ1n) is 7.53. The van der Waals surface area contributed by atoms with Gasteiger partial charge in [0, 0.05) is 17.3 Å². The molecule has 0 spiro atoms. The minimum Gasteiger partial charge on any atom is -0.317 e. The van der Waals surface area contributed by atoms with E-state index in [1.54, 1.807) is 5.56 Å². The number of rotatable bonds is 2. The van der Waals surface area contributed by atoms with Crippen LogP contribution < -0.4 is 5.32 Å². The Bertz CT molecular complexity index is 402. The number of aryl methyl sites for hydroxylation is 1. The third-order valence-corrected chi connectivity index (χ3v) is 4.62. The number of hydrogen-bond acceptors (Lipinski definition) is 2. The molecule has 3 rings (SSSR count). The fourth-order valence-corrected chi connectivity index (χ4v) is 3.59. The van der Waals surface area contributed by atoms with E-state index in [9.17, 15) is 0 Å². The zero-order chi connectivity index (χ0) is 12.4. The number of hydrogen-bond donors (Lipinski definition) is 1. The molecule has 98 valence electrons. The zero-order valence-electron chi connectivity index (χ0n) is 11.4. The molecule has 2 nitrogen and oxygen atoms in total. The van der Waals surface area contributed by atoms with Gasteiger partial charge in [-0.05, 0) is 63.2 Å². The van der Waals surface area contributed by atoms with Crippen molar-refractivity contribution < 1.29 is 0 Å². The first kappa shape index (κ1) is 12.2. The molecule has 2 heteroatoms. The standard InChI is InChI=1S/C16H24N2/c1-12-6-7-15(13-8-10-17-11-9-13)16(18-12)14-4-2-3-5-14/h6-7,13-14,17H,2-5,8-11H2,1H3. The average Bonchev–Trinajstić information content (AvgIpc) is 2.93. The smallest absolute Gasteiger partial charge is 0.0472 e. The van der Waals surface area contributed by atoms with E-state index in [4.69, 9.17) is 4.98 Å². The first-order chi connectivity index (χ1) is 8.84. The van der Waals surface area contributed by atoms with Crippen LogP contribution in [0.15, 0.2) is 12.1 Å². The van der Waals surface area contributed by atoms with Crippen LogP contribution >= 0.6 is 0 Å². The monoisotopic (exact) mass is 244 g/mol. The van der Waals surface area contributed by atoms with E-state index in [0.29, 0.717) is 0 Å². The summed E-state index contributed by atoms with van der Waals surface area (Å²) in [5, 5.41) is 3.46. The van der Waals surface area contributed by atoms with E-state index in [1.807, 2.05) is 0 Å². The Morgan fingerprint density at radius 3 is 2.44 bits per heavy atom. The van der Waals surface area contributed by atoms with Gasteiger partial charge in [-0.1, -0.05) is 18.9 Å². The second-order valence-electron chi connectivity index (χ2n) is 5.93. The largest absolute Gasteiger partial charge is 0.317 e. The first-order valence-corrected chi connectivity index (χ1v) is 7.53. The Morgan fingerprint density at radius 1 is 1.00 bits per heavy atom. The van der Waals surface area contributed by atoms with Gasteiger partial charge in [-0.2, -0.15) is 0 Å². The van der Waals surface area contributed by atoms with Crippen LogP contribution in [0.4, 0.5) is 0 Å². The molecule has 2 aliphatic rings. The minimum atomic E-state index is 0.745. The maximum Gasteiger partial charge on any atom is 0.0472 e. The minimum absolute atomic E-state index is 0.745. The summed E-state index contributed by atoms with van der Waals surface area (Å²) in [5.74, 6) is 1.49. The van der Waals surface area contributed by atoms with E-state index in [0.717, 1.165) is 11.8 Å². The Hall–Kier alpha value is -0.890. The summed E-state index contributed by atoms with van der Waals surface area (Å²) in [6, 6.07) is 4.57. The molecule has 1 saturated heterocycles. The van der Waals surface area contributed by atoms with E-state index >= 15 is 0 Å². The van der Waals surface area contributed by atoms with Crippen LogP contribution in [0.3, 0.4) is 0 Å². The molecule has 0 radical (unpaired) electrons. The number of nitrogens with one attached hydrogen (secondary N) is 1. The normalized spacial score (nSPS) is 22.5. The predicted octanol–water partition coefficient (Wildman–Crippen LogP) is 3.51. The van der Waals surface area contributed by atoms with Gasteiger partial charge in [-0.3, -0.25) is 4.98 Å². The second-order valence-corrected chi connectivity index (χ2v) is 5.93. The molecule has 18 heavy (non-hydrogen) atoms. The van der Waals surface area contributed by atoms with Crippen molar-refractivity contribution in [1.82, 2.24) is 10.3 Å². The van der Waals surface area contributed by atoms with Gasteiger partial charge in [-0.25, -0.2) is 0 Å². The number of pyridine rings is 1. The van der Waals surface area contributed by atoms with Gasteiger partial charge < -0.3 is 5.32 Å². The Balaban J connectivity index is 1.91. The van der Waals surface area contributed by atoms with Crippen molar-refractivity contribution in [2.24, 2.45) is 0 Å². The van der Waals surface area contributed by atoms with Gasteiger partial charge in [-0.15, -0.1) is 0 Å². The molecule has 1 aromatic heterocycles. The Morgan fingerprint density at radius 2 is 1.72 bits per heavy atom. The number of piperidine rings is 1. The summed E-state index contributed by atoms with van der Waals surface area (Å²) in [4.78, 5) is 4.91. The third-order valence-electron chi connectivity index (χ3n) is 4.62.